The van der Waals surface area contributed by atoms with Gasteiger partial charge in [0.15, 0.2) is 0 Å². The molecular weight excluding hydrogens is 382 g/mol. The minimum atomic E-state index is -0.883. The second kappa shape index (κ2) is 8.18. The van der Waals surface area contributed by atoms with Crippen LogP contribution in [0.4, 0.5) is 4.79 Å². The summed E-state index contributed by atoms with van der Waals surface area (Å²) in [7, 11) is 0. The molecule has 0 unspecified atom stereocenters. The molecule has 1 spiro atoms. The van der Waals surface area contributed by atoms with E-state index in [2.05, 4.69) is 17.7 Å². The molecule has 156 valence electrons. The number of carbonyl (C=O) groups is 3. The fourth-order valence-electron chi connectivity index (χ4n) is 3.93. The Morgan fingerprint density at radius 3 is 2.43 bits per heavy atom. The van der Waals surface area contributed by atoms with Gasteiger partial charge in [-0.25, -0.2) is 4.79 Å². The summed E-state index contributed by atoms with van der Waals surface area (Å²) < 4.78 is 5.72. The molecule has 1 aliphatic heterocycles. The lowest BCUT2D eigenvalue weighted by molar-refractivity contribution is -0.134. The first-order valence-electron chi connectivity index (χ1n) is 10.2. The molecule has 0 radical (unpaired) electrons. The van der Waals surface area contributed by atoms with Gasteiger partial charge in [-0.15, -0.1) is 0 Å². The van der Waals surface area contributed by atoms with E-state index in [4.69, 9.17) is 4.74 Å². The molecule has 2 fully saturated rings. The van der Waals surface area contributed by atoms with Gasteiger partial charge in [-0.1, -0.05) is 37.3 Å². The van der Waals surface area contributed by atoms with Crippen molar-refractivity contribution in [3.8, 4) is 5.75 Å². The average Bonchev–Trinajstić information content (AvgIpc) is 2.99. The minimum Gasteiger partial charge on any atom is -0.489 e. The first-order chi connectivity index (χ1) is 14.5. The lowest BCUT2D eigenvalue weighted by atomic mass is 9.77. The molecule has 2 aliphatic rings. The van der Waals surface area contributed by atoms with Crippen molar-refractivity contribution in [3.05, 3.63) is 65.7 Å². The molecule has 1 saturated heterocycles. The number of carbonyl (C=O) groups excluding carboxylic acids is 3. The number of imide groups is 1. The Kier molecular flexibility index (Phi) is 5.44. The first-order valence-corrected chi connectivity index (χ1v) is 10.2. The number of hydrogen-bond donors (Lipinski definition) is 2. The monoisotopic (exact) mass is 407 g/mol. The van der Waals surface area contributed by atoms with Crippen LogP contribution in [0.3, 0.4) is 0 Å². The van der Waals surface area contributed by atoms with E-state index >= 15 is 0 Å². The average molecular weight is 407 g/mol. The van der Waals surface area contributed by atoms with Crippen LogP contribution in [0.2, 0.25) is 0 Å². The van der Waals surface area contributed by atoms with Gasteiger partial charge < -0.3 is 10.1 Å². The van der Waals surface area contributed by atoms with E-state index in [1.54, 1.807) is 24.3 Å². The van der Waals surface area contributed by atoms with Crippen LogP contribution < -0.4 is 15.5 Å². The van der Waals surface area contributed by atoms with E-state index in [-0.39, 0.29) is 5.91 Å². The second-order valence-corrected chi connectivity index (χ2v) is 8.07. The Labute approximate surface area is 175 Å². The molecule has 0 bridgehead atoms. The van der Waals surface area contributed by atoms with E-state index in [1.807, 2.05) is 30.3 Å². The van der Waals surface area contributed by atoms with Crippen LogP contribution in [0.25, 0.3) is 0 Å². The molecule has 7 nitrogen and oxygen atoms in total. The third-order valence-electron chi connectivity index (χ3n) is 5.87. The van der Waals surface area contributed by atoms with Gasteiger partial charge in [-0.3, -0.25) is 15.0 Å². The number of benzene rings is 2. The highest BCUT2D eigenvalue weighted by Gasteiger charge is 2.52. The summed E-state index contributed by atoms with van der Waals surface area (Å²) in [6, 6.07) is 15.8. The van der Waals surface area contributed by atoms with Crippen LogP contribution >= 0.6 is 0 Å². The second-order valence-electron chi connectivity index (χ2n) is 8.07. The van der Waals surface area contributed by atoms with Crippen molar-refractivity contribution in [1.82, 2.24) is 15.8 Å². The molecule has 30 heavy (non-hydrogen) atoms. The van der Waals surface area contributed by atoms with Crippen molar-refractivity contribution in [2.24, 2.45) is 5.92 Å². The van der Waals surface area contributed by atoms with Crippen LogP contribution in [0.5, 0.6) is 5.75 Å². The van der Waals surface area contributed by atoms with Crippen LogP contribution in [0, 0.1) is 5.92 Å². The lowest BCUT2D eigenvalue weighted by Crippen LogP contribution is -2.51. The molecule has 1 aliphatic carbocycles. The Balaban J connectivity index is 1.36. The number of hydrazine groups is 1. The highest BCUT2D eigenvalue weighted by molar-refractivity contribution is 6.09. The fraction of sp³-hybridized carbons (Fsp3) is 0.348. The molecule has 1 saturated carbocycles. The zero-order valence-electron chi connectivity index (χ0n) is 16.9. The maximum absolute atomic E-state index is 12.8. The number of amides is 4. The summed E-state index contributed by atoms with van der Waals surface area (Å²) in [6.45, 7) is 2.57. The topological polar surface area (TPSA) is 87.7 Å². The van der Waals surface area contributed by atoms with Crippen molar-refractivity contribution in [2.75, 3.05) is 0 Å². The molecule has 2 aromatic carbocycles. The molecule has 4 amide bonds. The summed E-state index contributed by atoms with van der Waals surface area (Å²) in [5.41, 5.74) is 2.94. The Morgan fingerprint density at radius 1 is 1.10 bits per heavy atom. The first kappa shape index (κ1) is 19.9. The predicted molar refractivity (Wildman–Crippen MR) is 110 cm³/mol. The molecular formula is C23H25N3O4. The number of hydrogen-bond acceptors (Lipinski definition) is 4. The van der Waals surface area contributed by atoms with Crippen molar-refractivity contribution in [2.45, 2.75) is 44.8 Å². The van der Waals surface area contributed by atoms with Gasteiger partial charge in [-0.2, -0.15) is 5.01 Å². The van der Waals surface area contributed by atoms with Gasteiger partial charge in [0.05, 0.1) is 0 Å². The van der Waals surface area contributed by atoms with Gasteiger partial charge in [0.1, 0.15) is 17.9 Å². The molecule has 4 rings (SSSR count). The van der Waals surface area contributed by atoms with Crippen molar-refractivity contribution in [3.63, 3.8) is 0 Å². The minimum absolute atomic E-state index is 0.334. The molecule has 0 aromatic heterocycles. The predicted octanol–water partition coefficient (Wildman–Crippen LogP) is 3.41. The third kappa shape index (κ3) is 4.01. The highest BCUT2D eigenvalue weighted by Crippen LogP contribution is 2.35. The molecule has 1 heterocycles. The van der Waals surface area contributed by atoms with Gasteiger partial charge in [0, 0.05) is 5.56 Å². The lowest BCUT2D eigenvalue weighted by Gasteiger charge is -2.33. The van der Waals surface area contributed by atoms with Crippen molar-refractivity contribution in [1.29, 1.82) is 0 Å². The van der Waals surface area contributed by atoms with Gasteiger partial charge in [0.25, 0.3) is 11.8 Å². The SMILES string of the molecule is CC1CCC2(CC1)NC(=O)N(NC(=O)c1ccc(OCc3ccccc3)cc1)C2=O. The molecule has 2 aromatic rings. The standard InChI is InChI=1S/C23H25N3O4/c1-16-11-13-23(14-12-16)21(28)26(22(29)24-23)25-20(27)18-7-9-19(10-8-18)30-15-17-5-3-2-4-6-17/h2-10,16H,11-15H2,1H3,(H,24,29)(H,25,27). The summed E-state index contributed by atoms with van der Waals surface area (Å²) in [4.78, 5) is 37.8. The molecule has 7 heteroatoms. The Hall–Kier alpha value is -3.35. The van der Waals surface area contributed by atoms with Gasteiger partial charge >= 0.3 is 6.03 Å². The van der Waals surface area contributed by atoms with Crippen molar-refractivity contribution < 1.29 is 19.1 Å². The summed E-state index contributed by atoms with van der Waals surface area (Å²) in [6.07, 6.45) is 2.94. The number of rotatable bonds is 5. The zero-order valence-corrected chi connectivity index (χ0v) is 16.9. The van der Waals surface area contributed by atoms with Crippen LogP contribution in [-0.4, -0.2) is 28.4 Å². The normalized spacial score (nSPS) is 23.4. The van der Waals surface area contributed by atoms with E-state index < -0.39 is 17.5 Å². The maximum Gasteiger partial charge on any atom is 0.344 e. The number of ether oxygens (including phenoxy) is 1. The van der Waals surface area contributed by atoms with Gasteiger partial charge in [-0.05, 0) is 61.4 Å². The Morgan fingerprint density at radius 2 is 1.77 bits per heavy atom. The Bertz CT molecular complexity index is 935. The maximum atomic E-state index is 12.8. The van der Waals surface area contributed by atoms with Crippen LogP contribution in [0.15, 0.2) is 54.6 Å². The van der Waals surface area contributed by atoms with Crippen LogP contribution in [0.1, 0.15) is 48.5 Å². The third-order valence-corrected chi connectivity index (χ3v) is 5.87. The van der Waals surface area contributed by atoms with E-state index in [9.17, 15) is 14.4 Å². The van der Waals surface area contributed by atoms with Crippen LogP contribution in [-0.2, 0) is 11.4 Å². The summed E-state index contributed by atoms with van der Waals surface area (Å²) in [5.74, 6) is 0.261. The van der Waals surface area contributed by atoms with E-state index in [0.717, 1.165) is 23.4 Å². The fourth-order valence-corrected chi connectivity index (χ4v) is 3.93. The smallest absolute Gasteiger partial charge is 0.344 e. The number of urea groups is 1. The van der Waals surface area contributed by atoms with Gasteiger partial charge in [0.2, 0.25) is 0 Å². The highest BCUT2D eigenvalue weighted by atomic mass is 16.5. The number of nitrogens with zero attached hydrogens (tertiary/aromatic N) is 1. The molecule has 2 N–H and O–H groups in total. The zero-order chi connectivity index (χ0) is 21.1. The van der Waals surface area contributed by atoms with Crippen molar-refractivity contribution >= 4 is 17.8 Å². The summed E-state index contributed by atoms with van der Waals surface area (Å²) in [5, 5.41) is 3.61. The molecule has 0 atom stereocenters. The van der Waals surface area contributed by atoms with E-state index in [0.29, 0.717) is 36.7 Å². The van der Waals surface area contributed by atoms with E-state index in [1.165, 1.54) is 0 Å². The number of nitrogens with one attached hydrogen (secondary N) is 2. The quantitative estimate of drug-likeness (QED) is 0.744. The summed E-state index contributed by atoms with van der Waals surface area (Å²) >= 11 is 0. The largest absolute Gasteiger partial charge is 0.489 e.